The van der Waals surface area contributed by atoms with Gasteiger partial charge in [0.25, 0.3) is 0 Å². The van der Waals surface area contributed by atoms with E-state index < -0.39 is 0 Å². The van der Waals surface area contributed by atoms with Gasteiger partial charge in [-0.3, -0.25) is 4.90 Å². The minimum Gasteiger partial charge on any atom is -0.380 e. The number of anilines is 1. The molecule has 0 saturated carbocycles. The molecule has 1 atom stereocenters. The third-order valence-corrected chi connectivity index (χ3v) is 4.31. The topological polar surface area (TPSA) is 41.5 Å². The van der Waals surface area contributed by atoms with Gasteiger partial charge in [0.05, 0.1) is 12.1 Å². The van der Waals surface area contributed by atoms with Crippen molar-refractivity contribution in [2.45, 2.75) is 19.9 Å². The van der Waals surface area contributed by atoms with Crippen LogP contribution in [-0.4, -0.2) is 60.3 Å². The predicted octanol–water partition coefficient (Wildman–Crippen LogP) is 2.18. The molecule has 0 N–H and O–H groups in total. The normalized spacial score (nSPS) is 19.7. The SMILES string of the molecule is CCOCCN1CCN(c2ncnc3ccccc23)CC1C. The molecule has 5 nitrogen and oxygen atoms in total. The van der Waals surface area contributed by atoms with Gasteiger partial charge in [0.1, 0.15) is 12.1 Å². The van der Waals surface area contributed by atoms with Gasteiger partial charge in [0.15, 0.2) is 0 Å². The fourth-order valence-electron chi connectivity index (χ4n) is 3.09. The molecule has 2 aromatic rings. The van der Waals surface area contributed by atoms with Crippen molar-refractivity contribution in [1.82, 2.24) is 14.9 Å². The monoisotopic (exact) mass is 300 g/mol. The van der Waals surface area contributed by atoms with Crippen molar-refractivity contribution >= 4 is 16.7 Å². The van der Waals surface area contributed by atoms with Crippen molar-refractivity contribution in [1.29, 1.82) is 0 Å². The Labute approximate surface area is 131 Å². The third-order valence-electron chi connectivity index (χ3n) is 4.31. The second kappa shape index (κ2) is 7.03. The largest absolute Gasteiger partial charge is 0.380 e. The van der Waals surface area contributed by atoms with E-state index in [1.165, 1.54) is 0 Å². The van der Waals surface area contributed by atoms with Gasteiger partial charge in [-0.25, -0.2) is 9.97 Å². The standard InChI is InChI=1S/C17H24N4O/c1-3-22-11-10-20-8-9-21(12-14(20)2)17-15-6-4-5-7-16(15)18-13-19-17/h4-7,13-14H,3,8-12H2,1-2H3. The molecule has 0 spiro atoms. The van der Waals surface area contributed by atoms with Crippen LogP contribution in [-0.2, 0) is 4.74 Å². The summed E-state index contributed by atoms with van der Waals surface area (Å²) in [4.78, 5) is 13.8. The van der Waals surface area contributed by atoms with Crippen LogP contribution in [0.15, 0.2) is 30.6 Å². The summed E-state index contributed by atoms with van der Waals surface area (Å²) in [5, 5.41) is 1.14. The lowest BCUT2D eigenvalue weighted by Gasteiger charge is -2.40. The molecule has 22 heavy (non-hydrogen) atoms. The van der Waals surface area contributed by atoms with Crippen molar-refractivity contribution in [2.24, 2.45) is 0 Å². The highest BCUT2D eigenvalue weighted by Crippen LogP contribution is 2.24. The molecule has 1 unspecified atom stereocenters. The highest BCUT2D eigenvalue weighted by molar-refractivity contribution is 5.89. The molecule has 5 heteroatoms. The summed E-state index contributed by atoms with van der Waals surface area (Å²) in [7, 11) is 0. The number of rotatable bonds is 5. The molecular weight excluding hydrogens is 276 g/mol. The quantitative estimate of drug-likeness (QED) is 0.792. The number of hydrogen-bond donors (Lipinski definition) is 0. The summed E-state index contributed by atoms with van der Waals surface area (Å²) >= 11 is 0. The lowest BCUT2D eigenvalue weighted by molar-refractivity contribution is 0.0925. The predicted molar refractivity (Wildman–Crippen MR) is 89.3 cm³/mol. The Hall–Kier alpha value is -1.72. The molecule has 3 rings (SSSR count). The molecule has 1 fully saturated rings. The van der Waals surface area contributed by atoms with Gasteiger partial charge in [0.2, 0.25) is 0 Å². The smallest absolute Gasteiger partial charge is 0.139 e. The Morgan fingerprint density at radius 3 is 2.91 bits per heavy atom. The molecule has 0 radical (unpaired) electrons. The molecule has 0 amide bonds. The zero-order valence-electron chi connectivity index (χ0n) is 13.4. The van der Waals surface area contributed by atoms with Gasteiger partial charge >= 0.3 is 0 Å². The Balaban J connectivity index is 1.72. The maximum absolute atomic E-state index is 5.48. The van der Waals surface area contributed by atoms with E-state index in [2.05, 4.69) is 38.8 Å². The number of ether oxygens (including phenoxy) is 1. The van der Waals surface area contributed by atoms with Gasteiger partial charge in [-0.2, -0.15) is 0 Å². The van der Waals surface area contributed by atoms with E-state index in [1.54, 1.807) is 6.33 Å². The van der Waals surface area contributed by atoms with Crippen molar-refractivity contribution in [3.05, 3.63) is 30.6 Å². The molecule has 2 heterocycles. The highest BCUT2D eigenvalue weighted by atomic mass is 16.5. The summed E-state index contributed by atoms with van der Waals surface area (Å²) in [5.41, 5.74) is 1.01. The Morgan fingerprint density at radius 2 is 2.09 bits per heavy atom. The summed E-state index contributed by atoms with van der Waals surface area (Å²) in [6.45, 7) is 9.98. The van der Waals surface area contributed by atoms with Crippen LogP contribution in [0.3, 0.4) is 0 Å². The lowest BCUT2D eigenvalue weighted by atomic mass is 10.1. The molecule has 1 aromatic carbocycles. The minimum absolute atomic E-state index is 0.503. The van der Waals surface area contributed by atoms with Gasteiger partial charge < -0.3 is 9.64 Å². The molecule has 1 aliphatic rings. The van der Waals surface area contributed by atoms with E-state index in [0.717, 1.165) is 56.1 Å². The Morgan fingerprint density at radius 1 is 1.23 bits per heavy atom. The lowest BCUT2D eigenvalue weighted by Crippen LogP contribution is -2.53. The summed E-state index contributed by atoms with van der Waals surface area (Å²) in [5.74, 6) is 1.06. The number of hydrogen-bond acceptors (Lipinski definition) is 5. The van der Waals surface area contributed by atoms with Crippen molar-refractivity contribution in [2.75, 3.05) is 44.3 Å². The number of nitrogens with zero attached hydrogens (tertiary/aromatic N) is 4. The summed E-state index contributed by atoms with van der Waals surface area (Å²) in [6, 6.07) is 8.73. The first kappa shape index (κ1) is 15.2. The number of para-hydroxylation sites is 1. The van der Waals surface area contributed by atoms with Gasteiger partial charge in [-0.1, -0.05) is 12.1 Å². The molecule has 0 aliphatic carbocycles. The Bertz CT molecular complexity index is 613. The van der Waals surface area contributed by atoms with Crippen molar-refractivity contribution < 1.29 is 4.74 Å². The number of aromatic nitrogens is 2. The van der Waals surface area contributed by atoms with E-state index in [4.69, 9.17) is 4.74 Å². The van der Waals surface area contributed by atoms with Gasteiger partial charge in [0, 0.05) is 44.2 Å². The van der Waals surface area contributed by atoms with E-state index in [0.29, 0.717) is 6.04 Å². The first-order valence-electron chi connectivity index (χ1n) is 8.06. The Kier molecular flexibility index (Phi) is 4.85. The maximum Gasteiger partial charge on any atom is 0.139 e. The number of benzene rings is 1. The molecule has 1 saturated heterocycles. The van der Waals surface area contributed by atoms with Crippen LogP contribution < -0.4 is 4.90 Å². The van der Waals surface area contributed by atoms with E-state index >= 15 is 0 Å². The number of fused-ring (bicyclic) bond motifs is 1. The second-order valence-electron chi connectivity index (χ2n) is 5.74. The molecule has 1 aromatic heterocycles. The summed E-state index contributed by atoms with van der Waals surface area (Å²) < 4.78 is 5.48. The maximum atomic E-state index is 5.48. The fraction of sp³-hybridized carbons (Fsp3) is 0.529. The van der Waals surface area contributed by atoms with Crippen LogP contribution in [0.4, 0.5) is 5.82 Å². The van der Waals surface area contributed by atoms with Crippen LogP contribution in [0.1, 0.15) is 13.8 Å². The van der Waals surface area contributed by atoms with Gasteiger partial charge in [-0.05, 0) is 26.0 Å². The average molecular weight is 300 g/mol. The second-order valence-corrected chi connectivity index (χ2v) is 5.74. The van der Waals surface area contributed by atoms with Crippen molar-refractivity contribution in [3.8, 4) is 0 Å². The summed E-state index contributed by atoms with van der Waals surface area (Å²) in [6.07, 6.45) is 1.67. The molecule has 1 aliphatic heterocycles. The first-order chi connectivity index (χ1) is 10.8. The van der Waals surface area contributed by atoms with Crippen LogP contribution in [0, 0.1) is 0 Å². The molecular formula is C17H24N4O. The molecule has 118 valence electrons. The fourth-order valence-corrected chi connectivity index (χ4v) is 3.09. The number of piperazine rings is 1. The first-order valence-corrected chi connectivity index (χ1v) is 8.06. The van der Waals surface area contributed by atoms with E-state index in [-0.39, 0.29) is 0 Å². The zero-order valence-corrected chi connectivity index (χ0v) is 13.4. The third kappa shape index (κ3) is 3.20. The highest BCUT2D eigenvalue weighted by Gasteiger charge is 2.25. The average Bonchev–Trinajstić information content (AvgIpc) is 2.56. The van der Waals surface area contributed by atoms with Gasteiger partial charge in [-0.15, -0.1) is 0 Å². The zero-order chi connectivity index (χ0) is 15.4. The van der Waals surface area contributed by atoms with E-state index in [1.807, 2.05) is 19.1 Å². The molecule has 0 bridgehead atoms. The van der Waals surface area contributed by atoms with Crippen LogP contribution in [0.25, 0.3) is 10.9 Å². The van der Waals surface area contributed by atoms with Crippen LogP contribution >= 0.6 is 0 Å². The minimum atomic E-state index is 0.503. The van der Waals surface area contributed by atoms with Crippen LogP contribution in [0.2, 0.25) is 0 Å². The van der Waals surface area contributed by atoms with Crippen molar-refractivity contribution in [3.63, 3.8) is 0 Å². The van der Waals surface area contributed by atoms with E-state index in [9.17, 15) is 0 Å². The van der Waals surface area contributed by atoms with Crippen LogP contribution in [0.5, 0.6) is 0 Å².